The Hall–Kier alpha value is -2.45. The first-order valence-corrected chi connectivity index (χ1v) is 9.01. The van der Waals surface area contributed by atoms with Crippen molar-refractivity contribution in [2.45, 2.75) is 24.8 Å². The van der Waals surface area contributed by atoms with E-state index in [2.05, 4.69) is 0 Å². The first-order chi connectivity index (χ1) is 11.6. The Morgan fingerprint density at radius 3 is 2.32 bits per heavy atom. The Balaban J connectivity index is 2.63. The zero-order valence-corrected chi connectivity index (χ0v) is 15.0. The van der Waals surface area contributed by atoms with Crippen molar-refractivity contribution >= 4 is 38.2 Å². The van der Waals surface area contributed by atoms with Crippen molar-refractivity contribution in [3.63, 3.8) is 0 Å². The minimum absolute atomic E-state index is 0.235. The average Bonchev–Trinajstić information content (AvgIpc) is 2.56. The fraction of sp³-hybridized carbons (Fsp3) is 0.188. The predicted molar refractivity (Wildman–Crippen MR) is 94.3 cm³/mol. The molecule has 0 fully saturated rings. The molecule has 132 valence electrons. The number of non-ortho nitro benzene ring substituents is 1. The van der Waals surface area contributed by atoms with E-state index in [0.29, 0.717) is 0 Å². The number of hydrogen-bond acceptors (Lipinski definition) is 5. The number of sulfonamides is 1. The van der Waals surface area contributed by atoms with Crippen molar-refractivity contribution < 1.29 is 18.1 Å². The summed E-state index contributed by atoms with van der Waals surface area (Å²) in [4.78, 5) is 21.6. The van der Waals surface area contributed by atoms with Crippen molar-refractivity contribution in [2.75, 3.05) is 4.31 Å². The van der Waals surface area contributed by atoms with Gasteiger partial charge in [0.2, 0.25) is 5.24 Å². The Labute approximate surface area is 150 Å². The second kappa shape index (κ2) is 7.20. The van der Waals surface area contributed by atoms with E-state index in [1.54, 1.807) is 24.3 Å². The van der Waals surface area contributed by atoms with E-state index in [0.717, 1.165) is 15.9 Å². The molecule has 0 aromatic heterocycles. The van der Waals surface area contributed by atoms with Crippen molar-refractivity contribution in [2.24, 2.45) is 0 Å². The summed E-state index contributed by atoms with van der Waals surface area (Å²) in [6.45, 7) is 3.18. The number of nitrogens with zero attached hydrogens (tertiary/aromatic N) is 2. The van der Waals surface area contributed by atoms with E-state index >= 15 is 0 Å². The molecule has 0 aliphatic rings. The Morgan fingerprint density at radius 1 is 1.20 bits per heavy atom. The van der Waals surface area contributed by atoms with Crippen LogP contribution in [0.1, 0.15) is 12.5 Å². The molecule has 9 heteroatoms. The molecule has 0 bridgehead atoms. The fourth-order valence-corrected chi connectivity index (χ4v) is 4.04. The number of carbonyl (C=O) groups is 1. The van der Waals surface area contributed by atoms with Crippen LogP contribution >= 0.6 is 11.6 Å². The van der Waals surface area contributed by atoms with Crippen LogP contribution in [-0.4, -0.2) is 24.6 Å². The Morgan fingerprint density at radius 2 is 1.80 bits per heavy atom. The van der Waals surface area contributed by atoms with E-state index in [1.165, 1.54) is 25.1 Å². The van der Waals surface area contributed by atoms with E-state index in [9.17, 15) is 23.3 Å². The minimum atomic E-state index is -4.24. The zero-order chi connectivity index (χ0) is 18.8. The summed E-state index contributed by atoms with van der Waals surface area (Å²) in [6.07, 6.45) is 0. The van der Waals surface area contributed by atoms with Crippen molar-refractivity contribution in [1.29, 1.82) is 0 Å². The van der Waals surface area contributed by atoms with E-state index in [-0.39, 0.29) is 16.3 Å². The number of nitro benzene ring substituents is 1. The lowest BCUT2D eigenvalue weighted by Crippen LogP contribution is -2.42. The molecule has 0 saturated carbocycles. The highest BCUT2D eigenvalue weighted by Gasteiger charge is 2.33. The van der Waals surface area contributed by atoms with Crippen LogP contribution in [-0.2, 0) is 14.8 Å². The largest absolute Gasteiger partial charge is 0.279 e. The van der Waals surface area contributed by atoms with Crippen LogP contribution in [0.3, 0.4) is 0 Å². The number of nitro groups is 1. The highest BCUT2D eigenvalue weighted by molar-refractivity contribution is 7.93. The summed E-state index contributed by atoms with van der Waals surface area (Å²) in [6, 6.07) is 9.91. The number of rotatable bonds is 6. The molecule has 0 heterocycles. The molecule has 0 spiro atoms. The quantitative estimate of drug-likeness (QED) is 0.434. The van der Waals surface area contributed by atoms with Crippen LogP contribution < -0.4 is 4.31 Å². The third-order valence-corrected chi connectivity index (χ3v) is 5.76. The normalized spacial score (nSPS) is 12.4. The van der Waals surface area contributed by atoms with Crippen LogP contribution in [0.2, 0.25) is 0 Å². The van der Waals surface area contributed by atoms with Gasteiger partial charge < -0.3 is 0 Å². The molecule has 0 saturated heterocycles. The lowest BCUT2D eigenvalue weighted by Gasteiger charge is -2.28. The third-order valence-electron chi connectivity index (χ3n) is 3.55. The fourth-order valence-electron chi connectivity index (χ4n) is 2.23. The molecule has 0 aliphatic carbocycles. The summed E-state index contributed by atoms with van der Waals surface area (Å²) in [5.74, 6) is 0. The summed E-state index contributed by atoms with van der Waals surface area (Å²) in [5, 5.41) is 10.1. The monoisotopic (exact) mass is 382 g/mol. The second-order valence-electron chi connectivity index (χ2n) is 5.37. The molecular formula is C16H15ClN2O5S. The lowest BCUT2D eigenvalue weighted by atomic mass is 10.2. The maximum absolute atomic E-state index is 13.0. The standard InChI is InChI=1S/C16H15ClN2O5S/c1-11-6-8-13(9-7-11)18(12(2)16(17)20)25(23,24)15-5-3-4-14(10-15)19(21)22/h3-10,12H,1-2H3. The van der Waals surface area contributed by atoms with Crippen LogP contribution in [0.5, 0.6) is 0 Å². The maximum atomic E-state index is 13.0. The van der Waals surface area contributed by atoms with Gasteiger partial charge in [-0.25, -0.2) is 8.42 Å². The first-order valence-electron chi connectivity index (χ1n) is 7.19. The van der Waals surface area contributed by atoms with Gasteiger partial charge in [0.25, 0.3) is 15.7 Å². The van der Waals surface area contributed by atoms with Crippen LogP contribution in [0, 0.1) is 17.0 Å². The maximum Gasteiger partial charge on any atom is 0.270 e. The summed E-state index contributed by atoms with van der Waals surface area (Å²) in [5.41, 5.74) is 0.773. The zero-order valence-electron chi connectivity index (χ0n) is 13.4. The number of carbonyl (C=O) groups excluding carboxylic acids is 1. The van der Waals surface area contributed by atoms with E-state index < -0.39 is 26.2 Å². The van der Waals surface area contributed by atoms with Gasteiger partial charge in [0.05, 0.1) is 15.5 Å². The molecule has 2 rings (SSSR count). The summed E-state index contributed by atoms with van der Waals surface area (Å²) >= 11 is 5.53. The first kappa shape index (κ1) is 18.9. The van der Waals surface area contributed by atoms with Crippen molar-refractivity contribution in [3.05, 3.63) is 64.2 Å². The molecule has 0 radical (unpaired) electrons. The van der Waals surface area contributed by atoms with Gasteiger partial charge in [-0.15, -0.1) is 0 Å². The smallest absolute Gasteiger partial charge is 0.270 e. The third kappa shape index (κ3) is 3.97. The Bertz CT molecular complexity index is 912. The number of aryl methyl sites for hydroxylation is 1. The summed E-state index contributed by atoms with van der Waals surface area (Å²) in [7, 11) is -4.24. The molecule has 0 amide bonds. The molecular weight excluding hydrogens is 368 g/mol. The Kier molecular flexibility index (Phi) is 5.44. The molecule has 0 N–H and O–H groups in total. The lowest BCUT2D eigenvalue weighted by molar-refractivity contribution is -0.385. The van der Waals surface area contributed by atoms with Crippen LogP contribution in [0.15, 0.2) is 53.4 Å². The van der Waals surface area contributed by atoms with Gasteiger partial charge in [-0.3, -0.25) is 19.2 Å². The van der Waals surface area contributed by atoms with Gasteiger partial charge in [0, 0.05) is 12.1 Å². The molecule has 1 unspecified atom stereocenters. The molecule has 2 aromatic rings. The number of benzene rings is 2. The molecule has 25 heavy (non-hydrogen) atoms. The van der Waals surface area contributed by atoms with E-state index in [4.69, 9.17) is 11.6 Å². The minimum Gasteiger partial charge on any atom is -0.279 e. The highest BCUT2D eigenvalue weighted by atomic mass is 35.5. The average molecular weight is 383 g/mol. The molecule has 0 aliphatic heterocycles. The number of hydrogen-bond donors (Lipinski definition) is 0. The van der Waals surface area contributed by atoms with Gasteiger partial charge in [-0.05, 0) is 43.6 Å². The predicted octanol–water partition coefficient (Wildman–Crippen LogP) is 3.25. The second-order valence-corrected chi connectivity index (χ2v) is 7.56. The number of halogens is 1. The SMILES string of the molecule is Cc1ccc(N(C(C)C(=O)Cl)S(=O)(=O)c2cccc([N+](=O)[O-])c2)cc1. The van der Waals surface area contributed by atoms with Crippen LogP contribution in [0.4, 0.5) is 11.4 Å². The van der Waals surface area contributed by atoms with Gasteiger partial charge in [-0.2, -0.15) is 0 Å². The number of anilines is 1. The molecule has 2 aromatic carbocycles. The van der Waals surface area contributed by atoms with Gasteiger partial charge in [0.1, 0.15) is 6.04 Å². The molecule has 7 nitrogen and oxygen atoms in total. The van der Waals surface area contributed by atoms with Gasteiger partial charge >= 0.3 is 0 Å². The highest BCUT2D eigenvalue weighted by Crippen LogP contribution is 2.29. The van der Waals surface area contributed by atoms with E-state index in [1.807, 2.05) is 6.92 Å². The van der Waals surface area contributed by atoms with Gasteiger partial charge in [-0.1, -0.05) is 23.8 Å². The van der Waals surface area contributed by atoms with Crippen molar-refractivity contribution in [3.8, 4) is 0 Å². The summed E-state index contributed by atoms with van der Waals surface area (Å²) < 4.78 is 26.9. The van der Waals surface area contributed by atoms with Crippen LogP contribution in [0.25, 0.3) is 0 Å². The van der Waals surface area contributed by atoms with Gasteiger partial charge in [0.15, 0.2) is 0 Å². The van der Waals surface area contributed by atoms with Crippen molar-refractivity contribution in [1.82, 2.24) is 0 Å². The molecule has 1 atom stereocenters. The topological polar surface area (TPSA) is 97.6 Å².